The Morgan fingerprint density at radius 2 is 1.83 bits per heavy atom. The smallest absolute Gasteiger partial charge is 0.410 e. The number of nitrogens with zero attached hydrogens (tertiary/aromatic N) is 2. The molecule has 1 saturated heterocycles. The van der Waals surface area contributed by atoms with Crippen LogP contribution in [0, 0.1) is 11.3 Å². The summed E-state index contributed by atoms with van der Waals surface area (Å²) >= 11 is 0. The van der Waals surface area contributed by atoms with Gasteiger partial charge in [-0.2, -0.15) is 0 Å². The van der Waals surface area contributed by atoms with Crippen molar-refractivity contribution in [2.24, 2.45) is 11.3 Å². The number of piperidine rings is 1. The van der Waals surface area contributed by atoms with Crippen LogP contribution in [-0.4, -0.2) is 34.3 Å². The lowest BCUT2D eigenvalue weighted by molar-refractivity contribution is -0.00687. The zero-order valence-electron chi connectivity index (χ0n) is 18.1. The van der Waals surface area contributed by atoms with Gasteiger partial charge in [0, 0.05) is 31.9 Å². The van der Waals surface area contributed by atoms with Crippen molar-refractivity contribution in [3.8, 4) is 11.1 Å². The van der Waals surface area contributed by atoms with E-state index in [1.165, 1.54) is 0 Å². The van der Waals surface area contributed by atoms with Crippen LogP contribution in [0.25, 0.3) is 11.1 Å². The normalized spacial score (nSPS) is 19.1. The van der Waals surface area contributed by atoms with Crippen molar-refractivity contribution in [2.45, 2.75) is 53.2 Å². The van der Waals surface area contributed by atoms with Crippen LogP contribution in [0.1, 0.15) is 41.0 Å². The van der Waals surface area contributed by atoms with Crippen molar-refractivity contribution in [3.63, 3.8) is 0 Å². The molecule has 2 aromatic rings. The topological polar surface area (TPSA) is 51.5 Å². The van der Waals surface area contributed by atoms with Crippen molar-refractivity contribution in [2.75, 3.05) is 13.1 Å². The van der Waals surface area contributed by atoms with Gasteiger partial charge in [-0.25, -0.2) is 4.79 Å². The Bertz CT molecular complexity index is 910. The maximum atomic E-state index is 12.7. The van der Waals surface area contributed by atoms with Crippen molar-refractivity contribution >= 4 is 6.09 Å². The van der Waals surface area contributed by atoms with Crippen LogP contribution in [0.2, 0.25) is 0 Å². The summed E-state index contributed by atoms with van der Waals surface area (Å²) in [4.78, 5) is 26.9. The Kier molecular flexibility index (Phi) is 5.87. The minimum atomic E-state index is -0.494. The van der Waals surface area contributed by atoms with E-state index < -0.39 is 5.60 Å². The highest BCUT2D eigenvalue weighted by Crippen LogP contribution is 2.36. The molecule has 2 heterocycles. The fourth-order valence-electron chi connectivity index (χ4n) is 3.93. The Morgan fingerprint density at radius 3 is 2.41 bits per heavy atom. The summed E-state index contributed by atoms with van der Waals surface area (Å²) in [6.45, 7) is 11.9. The molecule has 0 radical (unpaired) electrons. The highest BCUT2D eigenvalue weighted by molar-refractivity contribution is 5.68. The van der Waals surface area contributed by atoms with E-state index in [9.17, 15) is 9.59 Å². The van der Waals surface area contributed by atoms with Gasteiger partial charge in [0.25, 0.3) is 5.56 Å². The zero-order valence-corrected chi connectivity index (χ0v) is 18.1. The van der Waals surface area contributed by atoms with Gasteiger partial charge in [-0.3, -0.25) is 4.79 Å². The second-order valence-corrected chi connectivity index (χ2v) is 9.65. The highest BCUT2D eigenvalue weighted by Gasteiger charge is 2.39. The van der Waals surface area contributed by atoms with Gasteiger partial charge in [0.1, 0.15) is 5.60 Å². The predicted molar refractivity (Wildman–Crippen MR) is 116 cm³/mol. The van der Waals surface area contributed by atoms with Crippen molar-refractivity contribution in [1.29, 1.82) is 0 Å². The van der Waals surface area contributed by atoms with Gasteiger partial charge in [-0.15, -0.1) is 0 Å². The van der Waals surface area contributed by atoms with Crippen molar-refractivity contribution in [3.05, 3.63) is 59.0 Å². The number of likely N-dealkylation sites (tertiary alicyclic amines) is 1. The van der Waals surface area contributed by atoms with Gasteiger partial charge < -0.3 is 14.2 Å². The van der Waals surface area contributed by atoms with Crippen LogP contribution in [-0.2, 0) is 11.3 Å². The minimum absolute atomic E-state index is 0.0109. The molecular formula is C24H32N2O3. The SMILES string of the molecule is CC(C)(C)OC(=O)N1CC[C@@H](Cn2ccc(-c3ccccc3)cc2=O)C(C)(C)C1. The van der Waals surface area contributed by atoms with Gasteiger partial charge in [-0.1, -0.05) is 44.2 Å². The van der Waals surface area contributed by atoms with Crippen molar-refractivity contribution in [1.82, 2.24) is 9.47 Å². The molecule has 1 aliphatic rings. The van der Waals surface area contributed by atoms with E-state index in [0.29, 0.717) is 25.6 Å². The molecule has 156 valence electrons. The lowest BCUT2D eigenvalue weighted by atomic mass is 9.74. The molecule has 1 amide bonds. The van der Waals surface area contributed by atoms with Gasteiger partial charge >= 0.3 is 6.09 Å². The van der Waals surface area contributed by atoms with Crippen LogP contribution in [0.15, 0.2) is 53.5 Å². The zero-order chi connectivity index (χ0) is 21.2. The lowest BCUT2D eigenvalue weighted by Crippen LogP contribution is -2.50. The van der Waals surface area contributed by atoms with E-state index in [2.05, 4.69) is 13.8 Å². The highest BCUT2D eigenvalue weighted by atomic mass is 16.6. The predicted octanol–water partition coefficient (Wildman–Crippen LogP) is 4.80. The average Bonchev–Trinajstić information content (AvgIpc) is 2.63. The number of pyridine rings is 1. The Hall–Kier alpha value is -2.56. The fourth-order valence-corrected chi connectivity index (χ4v) is 3.93. The van der Waals surface area contributed by atoms with E-state index in [1.807, 2.05) is 63.4 Å². The summed E-state index contributed by atoms with van der Waals surface area (Å²) in [6, 6.07) is 13.6. The molecule has 5 nitrogen and oxygen atoms in total. The monoisotopic (exact) mass is 396 g/mol. The second-order valence-electron chi connectivity index (χ2n) is 9.65. The summed E-state index contributed by atoms with van der Waals surface area (Å²) in [6.07, 6.45) is 2.48. The van der Waals surface area contributed by atoms with E-state index in [0.717, 1.165) is 17.5 Å². The quantitative estimate of drug-likeness (QED) is 0.749. The molecule has 29 heavy (non-hydrogen) atoms. The standard InChI is InChI=1S/C24H32N2O3/c1-23(2,3)29-22(28)26-14-12-20(24(4,5)17-26)16-25-13-11-19(15-21(25)27)18-9-7-6-8-10-18/h6-11,13,15,20H,12,14,16-17H2,1-5H3/t20-/m0/s1. The van der Waals surface area contributed by atoms with Crippen LogP contribution in [0.3, 0.4) is 0 Å². The molecular weight excluding hydrogens is 364 g/mol. The van der Waals surface area contributed by atoms with Crippen LogP contribution >= 0.6 is 0 Å². The summed E-state index contributed by atoms with van der Waals surface area (Å²) in [7, 11) is 0. The number of ether oxygens (including phenoxy) is 1. The fraction of sp³-hybridized carbons (Fsp3) is 0.500. The molecule has 0 unspecified atom stereocenters. The summed E-state index contributed by atoms with van der Waals surface area (Å²) in [5, 5.41) is 0. The number of amides is 1. The average molecular weight is 397 g/mol. The van der Waals surface area contributed by atoms with Gasteiger partial charge in [-0.05, 0) is 55.7 Å². The molecule has 0 spiro atoms. The minimum Gasteiger partial charge on any atom is -0.444 e. The Balaban J connectivity index is 1.70. The van der Waals surface area contributed by atoms with Crippen LogP contribution in [0.4, 0.5) is 4.79 Å². The lowest BCUT2D eigenvalue weighted by Gasteiger charge is -2.44. The molecule has 0 saturated carbocycles. The maximum Gasteiger partial charge on any atom is 0.410 e. The van der Waals surface area contributed by atoms with E-state index in [4.69, 9.17) is 4.74 Å². The van der Waals surface area contributed by atoms with E-state index in [1.54, 1.807) is 15.5 Å². The number of benzene rings is 1. The second kappa shape index (κ2) is 8.05. The molecule has 0 aliphatic carbocycles. The number of aromatic nitrogens is 1. The first-order valence-electron chi connectivity index (χ1n) is 10.3. The third-order valence-electron chi connectivity index (χ3n) is 5.62. The molecule has 0 N–H and O–H groups in total. The van der Waals surface area contributed by atoms with Crippen molar-refractivity contribution < 1.29 is 9.53 Å². The molecule has 1 aromatic heterocycles. The third kappa shape index (κ3) is 5.28. The van der Waals surface area contributed by atoms with Crippen LogP contribution < -0.4 is 5.56 Å². The van der Waals surface area contributed by atoms with Gasteiger partial charge in [0.05, 0.1) is 0 Å². The summed E-state index contributed by atoms with van der Waals surface area (Å²) in [5.41, 5.74) is 1.39. The number of carbonyl (C=O) groups is 1. The first-order chi connectivity index (χ1) is 13.5. The molecule has 0 bridgehead atoms. The molecule has 1 atom stereocenters. The summed E-state index contributed by atoms with van der Waals surface area (Å²) in [5.74, 6) is 0.307. The van der Waals surface area contributed by atoms with E-state index in [-0.39, 0.29) is 17.1 Å². The first-order valence-corrected chi connectivity index (χ1v) is 10.3. The molecule has 1 aromatic carbocycles. The Morgan fingerprint density at radius 1 is 1.14 bits per heavy atom. The Labute approximate surface area is 173 Å². The number of hydrogen-bond donors (Lipinski definition) is 0. The maximum absolute atomic E-state index is 12.7. The van der Waals surface area contributed by atoms with Gasteiger partial charge in [0.2, 0.25) is 0 Å². The molecule has 3 rings (SSSR count). The molecule has 1 fully saturated rings. The first kappa shape index (κ1) is 21.2. The number of hydrogen-bond acceptors (Lipinski definition) is 3. The summed E-state index contributed by atoms with van der Waals surface area (Å²) < 4.78 is 7.32. The third-order valence-corrected chi connectivity index (χ3v) is 5.62. The van der Waals surface area contributed by atoms with Gasteiger partial charge in [0.15, 0.2) is 0 Å². The number of carbonyl (C=O) groups excluding carboxylic acids is 1. The largest absolute Gasteiger partial charge is 0.444 e. The molecule has 1 aliphatic heterocycles. The van der Waals surface area contributed by atoms with E-state index >= 15 is 0 Å². The number of rotatable bonds is 3. The van der Waals surface area contributed by atoms with Crippen LogP contribution in [0.5, 0.6) is 0 Å². The molecule has 5 heteroatoms.